The summed E-state index contributed by atoms with van der Waals surface area (Å²) in [5.74, 6) is -0.905. The van der Waals surface area contributed by atoms with Gasteiger partial charge in [0, 0.05) is 0 Å². The molecule has 0 saturated carbocycles. The number of oxime groups is 1. The van der Waals surface area contributed by atoms with Crippen LogP contribution in [0.3, 0.4) is 0 Å². The lowest BCUT2D eigenvalue weighted by molar-refractivity contribution is -0.120. The van der Waals surface area contributed by atoms with Crippen LogP contribution in [0.25, 0.3) is 0 Å². The molecule has 2 aromatic rings. The number of carbonyl (C=O) groups is 1. The average molecular weight is 321 g/mol. The highest BCUT2D eigenvalue weighted by molar-refractivity contribution is 6.33. The molecule has 4 nitrogen and oxygen atoms in total. The number of nitrogens with zero attached hydrogens (tertiary/aromatic N) is 1. The second-order valence-corrected chi connectivity index (χ2v) is 4.94. The van der Waals surface area contributed by atoms with Gasteiger partial charge in [0.1, 0.15) is 5.82 Å². The van der Waals surface area contributed by atoms with Crippen molar-refractivity contribution < 1.29 is 14.0 Å². The maximum Gasteiger partial charge on any atom is 0.265 e. The highest BCUT2D eigenvalue weighted by atomic mass is 35.5. The van der Waals surface area contributed by atoms with Gasteiger partial charge in [-0.05, 0) is 36.2 Å². The van der Waals surface area contributed by atoms with E-state index in [1.165, 1.54) is 18.3 Å². The molecule has 0 aliphatic carbocycles. The van der Waals surface area contributed by atoms with Gasteiger partial charge in [0.2, 0.25) is 0 Å². The van der Waals surface area contributed by atoms with Gasteiger partial charge in [-0.2, -0.15) is 0 Å². The van der Waals surface area contributed by atoms with Crippen molar-refractivity contribution in [3.8, 4) is 0 Å². The molecule has 0 bridgehead atoms. The fourth-order valence-electron chi connectivity index (χ4n) is 1.70. The van der Waals surface area contributed by atoms with Crippen molar-refractivity contribution >= 4 is 29.4 Å². The fourth-order valence-corrected chi connectivity index (χ4v) is 1.91. The fraction of sp³-hybridized carbons (Fsp3) is 0.125. The van der Waals surface area contributed by atoms with E-state index < -0.39 is 11.7 Å². The Balaban J connectivity index is 1.84. The van der Waals surface area contributed by atoms with E-state index in [2.05, 4.69) is 10.5 Å². The number of aryl methyl sites for hydroxylation is 1. The summed E-state index contributed by atoms with van der Waals surface area (Å²) >= 11 is 5.81. The number of amides is 1. The smallest absolute Gasteiger partial charge is 0.265 e. The normalized spacial score (nSPS) is 10.7. The van der Waals surface area contributed by atoms with E-state index in [4.69, 9.17) is 16.4 Å². The molecular weight excluding hydrogens is 307 g/mol. The molecule has 2 aromatic carbocycles. The van der Waals surface area contributed by atoms with Crippen molar-refractivity contribution in [3.05, 3.63) is 64.4 Å². The molecule has 22 heavy (non-hydrogen) atoms. The highest BCUT2D eigenvalue weighted by Gasteiger charge is 2.07. The summed E-state index contributed by atoms with van der Waals surface area (Å²) in [4.78, 5) is 16.6. The Hall–Kier alpha value is -2.40. The second kappa shape index (κ2) is 7.56. The monoisotopic (exact) mass is 320 g/mol. The van der Waals surface area contributed by atoms with Crippen molar-refractivity contribution in [2.45, 2.75) is 6.92 Å². The van der Waals surface area contributed by atoms with Crippen LogP contribution in [0.5, 0.6) is 0 Å². The number of hydrogen-bond acceptors (Lipinski definition) is 3. The Bertz CT molecular complexity index is 704. The number of rotatable bonds is 5. The lowest BCUT2D eigenvalue weighted by atomic mass is 10.1. The molecule has 1 amide bonds. The number of halogens is 2. The van der Waals surface area contributed by atoms with E-state index in [0.717, 1.165) is 17.2 Å². The van der Waals surface area contributed by atoms with Crippen LogP contribution in [-0.4, -0.2) is 18.7 Å². The molecule has 0 unspecified atom stereocenters. The number of hydrogen-bond donors (Lipinski definition) is 1. The molecule has 6 heteroatoms. The van der Waals surface area contributed by atoms with Crippen molar-refractivity contribution in [2.24, 2.45) is 5.16 Å². The topological polar surface area (TPSA) is 50.7 Å². The zero-order valence-corrected chi connectivity index (χ0v) is 12.6. The lowest BCUT2D eigenvalue weighted by Gasteiger charge is -2.06. The van der Waals surface area contributed by atoms with Crippen LogP contribution in [0.1, 0.15) is 11.1 Å². The summed E-state index contributed by atoms with van der Waals surface area (Å²) < 4.78 is 12.9. The first-order valence-electron chi connectivity index (χ1n) is 6.52. The van der Waals surface area contributed by atoms with Crippen LogP contribution < -0.4 is 5.32 Å². The van der Waals surface area contributed by atoms with Gasteiger partial charge < -0.3 is 10.2 Å². The summed E-state index contributed by atoms with van der Waals surface area (Å²) in [6, 6.07) is 11.4. The molecule has 0 aliphatic rings. The zero-order chi connectivity index (χ0) is 15.9. The van der Waals surface area contributed by atoms with Gasteiger partial charge in [-0.15, -0.1) is 0 Å². The molecule has 0 atom stereocenters. The van der Waals surface area contributed by atoms with Gasteiger partial charge >= 0.3 is 0 Å². The van der Waals surface area contributed by atoms with E-state index in [-0.39, 0.29) is 11.6 Å². The van der Waals surface area contributed by atoms with Crippen LogP contribution in [0, 0.1) is 12.7 Å². The molecule has 0 aliphatic heterocycles. The molecule has 0 radical (unpaired) electrons. The van der Waals surface area contributed by atoms with Crippen LogP contribution in [0.4, 0.5) is 10.1 Å². The third kappa shape index (κ3) is 4.56. The van der Waals surface area contributed by atoms with Gasteiger partial charge in [-0.3, -0.25) is 4.79 Å². The lowest BCUT2D eigenvalue weighted by Crippen LogP contribution is -2.17. The van der Waals surface area contributed by atoms with Crippen LogP contribution in [-0.2, 0) is 9.63 Å². The predicted molar refractivity (Wildman–Crippen MR) is 84.8 cm³/mol. The molecular formula is C16H14ClFN2O2. The van der Waals surface area contributed by atoms with E-state index in [0.29, 0.717) is 5.69 Å². The minimum atomic E-state index is -0.470. The minimum Gasteiger partial charge on any atom is -0.386 e. The van der Waals surface area contributed by atoms with Gasteiger partial charge in [-0.1, -0.05) is 41.0 Å². The minimum absolute atomic E-state index is 0.122. The first-order chi connectivity index (χ1) is 10.6. The molecule has 0 aromatic heterocycles. The third-order valence-electron chi connectivity index (χ3n) is 2.86. The molecule has 1 N–H and O–H groups in total. The van der Waals surface area contributed by atoms with Crippen molar-refractivity contribution in [1.29, 1.82) is 0 Å². The highest BCUT2D eigenvalue weighted by Crippen LogP contribution is 2.22. The molecule has 0 spiro atoms. The van der Waals surface area contributed by atoms with Crippen LogP contribution >= 0.6 is 11.6 Å². The summed E-state index contributed by atoms with van der Waals surface area (Å²) in [6.07, 6.45) is 1.54. The maximum atomic E-state index is 12.9. The molecule has 0 fully saturated rings. The van der Waals surface area contributed by atoms with E-state index >= 15 is 0 Å². The van der Waals surface area contributed by atoms with Crippen molar-refractivity contribution in [1.82, 2.24) is 0 Å². The van der Waals surface area contributed by atoms with Crippen LogP contribution in [0.2, 0.25) is 5.02 Å². The van der Waals surface area contributed by atoms with E-state index in [9.17, 15) is 9.18 Å². The molecule has 2 rings (SSSR count). The second-order valence-electron chi connectivity index (χ2n) is 4.54. The van der Waals surface area contributed by atoms with Gasteiger partial charge in [0.15, 0.2) is 6.61 Å². The van der Waals surface area contributed by atoms with Gasteiger partial charge in [-0.25, -0.2) is 4.39 Å². The molecule has 0 heterocycles. The summed E-state index contributed by atoms with van der Waals surface area (Å²) in [6.45, 7) is 1.68. The third-order valence-corrected chi connectivity index (χ3v) is 3.17. The first-order valence-corrected chi connectivity index (χ1v) is 6.90. The molecule has 0 saturated heterocycles. The number of benzene rings is 2. The van der Waals surface area contributed by atoms with Crippen molar-refractivity contribution in [2.75, 3.05) is 11.9 Å². The Kier molecular flexibility index (Phi) is 5.49. The number of carbonyl (C=O) groups excluding carboxylic acids is 1. The van der Waals surface area contributed by atoms with Crippen LogP contribution in [0.15, 0.2) is 47.6 Å². The standard InChI is InChI=1S/C16H14ClFN2O2/c1-11-4-2-3-5-12(11)9-19-22-10-16(21)20-15-7-6-13(18)8-14(15)17/h2-9H,10H2,1H3,(H,20,21)/b19-9-. The zero-order valence-electron chi connectivity index (χ0n) is 11.8. The van der Waals surface area contributed by atoms with Gasteiger partial charge in [0.25, 0.3) is 5.91 Å². The summed E-state index contributed by atoms with van der Waals surface area (Å²) in [5.41, 5.74) is 2.28. The van der Waals surface area contributed by atoms with Gasteiger partial charge in [0.05, 0.1) is 16.9 Å². The summed E-state index contributed by atoms with van der Waals surface area (Å²) in [5, 5.41) is 6.37. The summed E-state index contributed by atoms with van der Waals surface area (Å²) in [7, 11) is 0. The van der Waals surface area contributed by atoms with E-state index in [1.54, 1.807) is 0 Å². The Labute approximate surface area is 132 Å². The SMILES string of the molecule is Cc1ccccc1/C=N\OCC(=O)Nc1ccc(F)cc1Cl. The largest absolute Gasteiger partial charge is 0.386 e. The number of nitrogens with one attached hydrogen (secondary N) is 1. The van der Waals surface area contributed by atoms with Crippen molar-refractivity contribution in [3.63, 3.8) is 0 Å². The number of anilines is 1. The Morgan fingerprint density at radius 1 is 1.36 bits per heavy atom. The quantitative estimate of drug-likeness (QED) is 0.673. The Morgan fingerprint density at radius 3 is 2.86 bits per heavy atom. The predicted octanol–water partition coefficient (Wildman–Crippen LogP) is 3.78. The van der Waals surface area contributed by atoms with E-state index in [1.807, 2.05) is 31.2 Å². The first kappa shape index (κ1) is 16.0. The Morgan fingerprint density at radius 2 is 2.14 bits per heavy atom. The molecule has 114 valence electrons. The maximum absolute atomic E-state index is 12.9. The average Bonchev–Trinajstić information content (AvgIpc) is 2.48.